The zero-order chi connectivity index (χ0) is 18.7. The lowest BCUT2D eigenvalue weighted by Crippen LogP contribution is -2.40. The lowest BCUT2D eigenvalue weighted by Gasteiger charge is -2.26. The Bertz CT molecular complexity index is 911. The second kappa shape index (κ2) is 7.94. The van der Waals surface area contributed by atoms with Crippen molar-refractivity contribution in [2.24, 2.45) is 0 Å². The Morgan fingerprint density at radius 2 is 1.69 bits per heavy atom. The van der Waals surface area contributed by atoms with Crippen molar-refractivity contribution >= 4 is 44.8 Å². The van der Waals surface area contributed by atoms with Gasteiger partial charge in [-0.1, -0.05) is 29.3 Å². The Kier molecular flexibility index (Phi) is 5.84. The molecule has 26 heavy (non-hydrogen) atoms. The first-order valence-corrected chi connectivity index (χ1v) is 10.0. The number of sulfonamides is 1. The molecule has 9 heteroatoms. The van der Waals surface area contributed by atoms with Crippen LogP contribution in [-0.4, -0.2) is 44.9 Å². The van der Waals surface area contributed by atoms with Crippen LogP contribution in [0.1, 0.15) is 10.4 Å². The normalized spacial score (nSPS) is 15.6. The van der Waals surface area contributed by atoms with E-state index in [1.807, 2.05) is 0 Å². The van der Waals surface area contributed by atoms with Crippen LogP contribution in [0.25, 0.3) is 0 Å². The number of hydrogen-bond donors (Lipinski definition) is 1. The Labute approximate surface area is 161 Å². The number of anilines is 1. The first-order valence-electron chi connectivity index (χ1n) is 7.83. The average Bonchev–Trinajstić information content (AvgIpc) is 2.65. The van der Waals surface area contributed by atoms with Crippen molar-refractivity contribution in [3.05, 3.63) is 58.1 Å². The Morgan fingerprint density at radius 1 is 1.04 bits per heavy atom. The van der Waals surface area contributed by atoms with Gasteiger partial charge in [0.25, 0.3) is 5.91 Å². The summed E-state index contributed by atoms with van der Waals surface area (Å²) in [6.07, 6.45) is 0. The molecule has 138 valence electrons. The number of nitrogens with zero attached hydrogens (tertiary/aromatic N) is 1. The van der Waals surface area contributed by atoms with Crippen molar-refractivity contribution in [2.45, 2.75) is 4.90 Å². The quantitative estimate of drug-likeness (QED) is 0.832. The minimum Gasteiger partial charge on any atom is -0.379 e. The molecular weight excluding hydrogens is 399 g/mol. The van der Waals surface area contributed by atoms with Gasteiger partial charge >= 0.3 is 0 Å². The van der Waals surface area contributed by atoms with Gasteiger partial charge in [0.15, 0.2) is 0 Å². The maximum atomic E-state index is 12.6. The van der Waals surface area contributed by atoms with E-state index >= 15 is 0 Å². The highest BCUT2D eigenvalue weighted by molar-refractivity contribution is 7.89. The average molecular weight is 415 g/mol. The van der Waals surface area contributed by atoms with E-state index in [1.54, 1.807) is 18.2 Å². The van der Waals surface area contributed by atoms with E-state index < -0.39 is 15.9 Å². The van der Waals surface area contributed by atoms with E-state index in [0.717, 1.165) is 0 Å². The first-order chi connectivity index (χ1) is 12.4. The maximum absolute atomic E-state index is 12.6. The van der Waals surface area contributed by atoms with Gasteiger partial charge in [0.2, 0.25) is 10.0 Å². The number of hydrogen-bond acceptors (Lipinski definition) is 4. The molecular formula is C17H16Cl2N2O4S. The van der Waals surface area contributed by atoms with E-state index in [1.165, 1.54) is 28.6 Å². The lowest BCUT2D eigenvalue weighted by atomic mass is 10.2. The second-order valence-corrected chi connectivity index (χ2v) is 8.32. The number of carbonyl (C=O) groups is 1. The van der Waals surface area contributed by atoms with Crippen LogP contribution in [-0.2, 0) is 14.8 Å². The number of nitrogens with one attached hydrogen (secondary N) is 1. The largest absolute Gasteiger partial charge is 0.379 e. The Morgan fingerprint density at radius 3 is 2.35 bits per heavy atom. The molecule has 0 unspecified atom stereocenters. The van der Waals surface area contributed by atoms with Crippen LogP contribution in [0.15, 0.2) is 47.4 Å². The van der Waals surface area contributed by atoms with E-state index in [4.69, 9.17) is 27.9 Å². The summed E-state index contributed by atoms with van der Waals surface area (Å²) >= 11 is 12.0. The van der Waals surface area contributed by atoms with Crippen LogP contribution in [0.2, 0.25) is 10.0 Å². The third-order valence-electron chi connectivity index (χ3n) is 3.92. The summed E-state index contributed by atoms with van der Waals surface area (Å²) in [7, 11) is -3.57. The molecule has 0 saturated carbocycles. The Hall–Kier alpha value is -1.64. The van der Waals surface area contributed by atoms with Gasteiger partial charge in [-0.2, -0.15) is 4.31 Å². The molecule has 1 aliphatic heterocycles. The van der Waals surface area contributed by atoms with Gasteiger partial charge in [0, 0.05) is 18.8 Å². The van der Waals surface area contributed by atoms with Crippen molar-refractivity contribution in [1.29, 1.82) is 0 Å². The maximum Gasteiger partial charge on any atom is 0.257 e. The number of morpholine rings is 1. The molecule has 1 aliphatic rings. The summed E-state index contributed by atoms with van der Waals surface area (Å²) < 4.78 is 31.7. The van der Waals surface area contributed by atoms with Crippen molar-refractivity contribution in [3.8, 4) is 0 Å². The van der Waals surface area contributed by atoms with Gasteiger partial charge in [0.1, 0.15) is 0 Å². The minimum absolute atomic E-state index is 0.165. The summed E-state index contributed by atoms with van der Waals surface area (Å²) in [4.78, 5) is 12.5. The molecule has 0 radical (unpaired) electrons. The van der Waals surface area contributed by atoms with Crippen molar-refractivity contribution < 1.29 is 17.9 Å². The zero-order valence-electron chi connectivity index (χ0n) is 13.6. The van der Waals surface area contributed by atoms with Gasteiger partial charge in [-0.25, -0.2) is 8.42 Å². The third-order valence-corrected chi connectivity index (χ3v) is 6.65. The standard InChI is InChI=1S/C17H16Cl2N2O4S/c18-15-3-1-2-14(16(15)19)17(22)20-12-4-6-13(7-5-12)26(23,24)21-8-10-25-11-9-21/h1-7H,8-11H2,(H,20,22). The summed E-state index contributed by atoms with van der Waals surface area (Å²) in [5.74, 6) is -0.429. The number of rotatable bonds is 4. The van der Waals surface area contributed by atoms with E-state index in [0.29, 0.717) is 32.0 Å². The molecule has 0 aromatic heterocycles. The molecule has 0 aliphatic carbocycles. The van der Waals surface area contributed by atoms with Crippen LogP contribution in [0.3, 0.4) is 0 Å². The summed E-state index contributed by atoms with van der Waals surface area (Å²) in [5, 5.41) is 3.12. The smallest absolute Gasteiger partial charge is 0.257 e. The van der Waals surface area contributed by atoms with Gasteiger partial charge in [-0.15, -0.1) is 0 Å². The van der Waals surface area contributed by atoms with Crippen LogP contribution in [0.4, 0.5) is 5.69 Å². The van der Waals surface area contributed by atoms with Gasteiger partial charge < -0.3 is 10.1 Å². The van der Waals surface area contributed by atoms with Crippen LogP contribution in [0.5, 0.6) is 0 Å². The SMILES string of the molecule is O=C(Nc1ccc(S(=O)(=O)N2CCOCC2)cc1)c1cccc(Cl)c1Cl. The number of amides is 1. The Balaban J connectivity index is 1.75. The highest BCUT2D eigenvalue weighted by atomic mass is 35.5. The number of benzene rings is 2. The second-order valence-electron chi connectivity index (χ2n) is 5.60. The lowest BCUT2D eigenvalue weighted by molar-refractivity contribution is 0.0730. The van der Waals surface area contributed by atoms with Gasteiger partial charge in [0.05, 0.1) is 33.7 Å². The number of halogens is 2. The highest BCUT2D eigenvalue weighted by Gasteiger charge is 2.26. The molecule has 2 aromatic carbocycles. The predicted molar refractivity (Wildman–Crippen MR) is 100 cm³/mol. The number of ether oxygens (including phenoxy) is 1. The minimum atomic E-state index is -3.57. The summed E-state index contributed by atoms with van der Waals surface area (Å²) in [6.45, 7) is 1.42. The molecule has 0 spiro atoms. The third kappa shape index (κ3) is 4.02. The topological polar surface area (TPSA) is 75.7 Å². The molecule has 0 bridgehead atoms. The monoisotopic (exact) mass is 414 g/mol. The van der Waals surface area contributed by atoms with Crippen LogP contribution in [0, 0.1) is 0 Å². The van der Waals surface area contributed by atoms with E-state index in [2.05, 4.69) is 5.32 Å². The summed E-state index contributed by atoms with van der Waals surface area (Å²) in [5.41, 5.74) is 0.691. The van der Waals surface area contributed by atoms with Gasteiger partial charge in [-0.05, 0) is 36.4 Å². The summed E-state index contributed by atoms with van der Waals surface area (Å²) in [6, 6.07) is 10.8. The highest BCUT2D eigenvalue weighted by Crippen LogP contribution is 2.26. The molecule has 1 N–H and O–H groups in total. The molecule has 1 fully saturated rings. The molecule has 2 aromatic rings. The van der Waals surface area contributed by atoms with Crippen LogP contribution < -0.4 is 5.32 Å². The van der Waals surface area contributed by atoms with Crippen molar-refractivity contribution in [3.63, 3.8) is 0 Å². The number of carbonyl (C=O) groups excluding carboxylic acids is 1. The van der Waals surface area contributed by atoms with Crippen molar-refractivity contribution in [1.82, 2.24) is 4.31 Å². The van der Waals surface area contributed by atoms with Crippen molar-refractivity contribution in [2.75, 3.05) is 31.6 Å². The molecule has 1 saturated heterocycles. The molecule has 1 amide bonds. The van der Waals surface area contributed by atoms with E-state index in [9.17, 15) is 13.2 Å². The van der Waals surface area contributed by atoms with E-state index in [-0.39, 0.29) is 20.5 Å². The fourth-order valence-corrected chi connectivity index (χ4v) is 4.32. The molecule has 0 atom stereocenters. The molecule has 6 nitrogen and oxygen atoms in total. The van der Waals surface area contributed by atoms with Gasteiger partial charge in [-0.3, -0.25) is 4.79 Å². The van der Waals surface area contributed by atoms with Crippen LogP contribution >= 0.6 is 23.2 Å². The predicted octanol–water partition coefficient (Wildman–Crippen LogP) is 3.27. The molecule has 3 rings (SSSR count). The fraction of sp³-hybridized carbons (Fsp3) is 0.235. The molecule has 1 heterocycles. The first kappa shape index (κ1) is 19.1. The zero-order valence-corrected chi connectivity index (χ0v) is 15.9. The fourth-order valence-electron chi connectivity index (χ4n) is 2.52.